The quantitative estimate of drug-likeness (QED) is 0.691. The number of primary amides is 1. The van der Waals surface area contributed by atoms with Gasteiger partial charge in [0.05, 0.1) is 0 Å². The largest absolute Gasteiger partial charge is 0.573 e. The van der Waals surface area contributed by atoms with Crippen LogP contribution in [0.5, 0.6) is 5.75 Å². The molecule has 1 amide bonds. The van der Waals surface area contributed by atoms with E-state index in [0.29, 0.717) is 17.1 Å². The van der Waals surface area contributed by atoms with Crippen molar-refractivity contribution < 1.29 is 22.7 Å². The van der Waals surface area contributed by atoms with Crippen molar-refractivity contribution in [1.29, 1.82) is 0 Å². The summed E-state index contributed by atoms with van der Waals surface area (Å²) in [7, 11) is 0. The van der Waals surface area contributed by atoms with Gasteiger partial charge >= 0.3 is 6.36 Å². The third kappa shape index (κ3) is 4.97. The molecule has 0 bridgehead atoms. The molecule has 2 aromatic carbocycles. The van der Waals surface area contributed by atoms with Gasteiger partial charge in [-0.1, -0.05) is 18.2 Å². The summed E-state index contributed by atoms with van der Waals surface area (Å²) in [5, 5.41) is 2.91. The Morgan fingerprint density at radius 2 is 1.78 bits per heavy atom. The first kappa shape index (κ1) is 18.2. The average Bonchev–Trinajstić information content (AvgIpc) is 2.61. The zero-order valence-corrected chi connectivity index (χ0v) is 13.8. The van der Waals surface area contributed by atoms with Gasteiger partial charge in [-0.25, -0.2) is 4.98 Å². The Morgan fingerprint density at radius 1 is 1.00 bits per heavy atom. The van der Waals surface area contributed by atoms with Crippen molar-refractivity contribution in [3.63, 3.8) is 0 Å². The van der Waals surface area contributed by atoms with Gasteiger partial charge in [0.2, 0.25) is 5.91 Å². The number of rotatable bonds is 5. The summed E-state index contributed by atoms with van der Waals surface area (Å²) in [6.45, 7) is 0. The summed E-state index contributed by atoms with van der Waals surface area (Å²) in [5.41, 5.74) is 7.59. The maximum atomic E-state index is 12.3. The number of carbonyl (C=O) groups is 1. The van der Waals surface area contributed by atoms with Crippen LogP contribution in [0.2, 0.25) is 0 Å². The second kappa shape index (κ2) is 7.36. The van der Waals surface area contributed by atoms with Gasteiger partial charge in [-0.15, -0.1) is 13.2 Å². The number of ether oxygens (including phenoxy) is 1. The number of benzene rings is 2. The van der Waals surface area contributed by atoms with E-state index < -0.39 is 12.3 Å². The molecule has 0 fully saturated rings. The summed E-state index contributed by atoms with van der Waals surface area (Å²) in [4.78, 5) is 15.5. The normalized spacial score (nSPS) is 11.1. The maximum Gasteiger partial charge on any atom is 0.573 e. The van der Waals surface area contributed by atoms with Crippen molar-refractivity contribution in [3.8, 4) is 16.9 Å². The van der Waals surface area contributed by atoms with Crippen molar-refractivity contribution in [2.75, 3.05) is 5.32 Å². The molecule has 27 heavy (non-hydrogen) atoms. The molecule has 0 radical (unpaired) electrons. The van der Waals surface area contributed by atoms with Gasteiger partial charge in [-0.3, -0.25) is 4.79 Å². The van der Waals surface area contributed by atoms with Crippen molar-refractivity contribution in [2.24, 2.45) is 5.73 Å². The summed E-state index contributed by atoms with van der Waals surface area (Å²) < 4.78 is 40.8. The number of halogens is 3. The number of nitrogens with zero attached hydrogens (tertiary/aromatic N) is 1. The second-order valence-corrected chi connectivity index (χ2v) is 5.58. The van der Waals surface area contributed by atoms with E-state index in [-0.39, 0.29) is 5.75 Å². The summed E-state index contributed by atoms with van der Waals surface area (Å²) in [6.07, 6.45) is -3.17. The second-order valence-electron chi connectivity index (χ2n) is 5.58. The van der Waals surface area contributed by atoms with E-state index in [0.717, 1.165) is 11.1 Å². The van der Waals surface area contributed by atoms with Crippen LogP contribution in [-0.4, -0.2) is 17.3 Å². The molecule has 3 rings (SSSR count). The highest BCUT2D eigenvalue weighted by molar-refractivity contribution is 5.94. The van der Waals surface area contributed by atoms with Gasteiger partial charge in [0, 0.05) is 29.1 Å². The molecule has 1 aromatic heterocycles. The van der Waals surface area contributed by atoms with Crippen molar-refractivity contribution in [2.45, 2.75) is 6.36 Å². The van der Waals surface area contributed by atoms with Crippen LogP contribution in [-0.2, 0) is 0 Å². The number of anilines is 2. The highest BCUT2D eigenvalue weighted by atomic mass is 19.4. The number of alkyl halides is 3. The summed E-state index contributed by atoms with van der Waals surface area (Å²) in [5.74, 6) is -0.412. The van der Waals surface area contributed by atoms with E-state index in [9.17, 15) is 18.0 Å². The topological polar surface area (TPSA) is 77.2 Å². The van der Waals surface area contributed by atoms with Crippen molar-refractivity contribution >= 4 is 17.4 Å². The predicted molar refractivity (Wildman–Crippen MR) is 94.6 cm³/mol. The number of amides is 1. The van der Waals surface area contributed by atoms with Gasteiger partial charge < -0.3 is 15.8 Å². The first-order valence-corrected chi connectivity index (χ1v) is 7.79. The van der Waals surface area contributed by atoms with Gasteiger partial charge in [-0.2, -0.15) is 0 Å². The first-order chi connectivity index (χ1) is 12.8. The molecule has 5 nitrogen and oxygen atoms in total. The minimum absolute atomic E-state index is 0.326. The van der Waals surface area contributed by atoms with E-state index in [2.05, 4.69) is 15.0 Å². The van der Waals surface area contributed by atoms with Crippen molar-refractivity contribution in [1.82, 2.24) is 4.98 Å². The third-order valence-electron chi connectivity index (χ3n) is 3.58. The number of nitrogens with one attached hydrogen (secondary N) is 1. The van der Waals surface area contributed by atoms with Crippen LogP contribution in [0.25, 0.3) is 11.1 Å². The lowest BCUT2D eigenvalue weighted by Gasteiger charge is -2.11. The lowest BCUT2D eigenvalue weighted by atomic mass is 10.0. The Morgan fingerprint density at radius 3 is 2.44 bits per heavy atom. The van der Waals surface area contributed by atoms with E-state index in [4.69, 9.17) is 5.73 Å². The maximum absolute atomic E-state index is 12.3. The Labute approximate surface area is 152 Å². The fraction of sp³-hybridized carbons (Fsp3) is 0.0526. The van der Waals surface area contributed by atoms with Crippen LogP contribution >= 0.6 is 0 Å². The highest BCUT2D eigenvalue weighted by Crippen LogP contribution is 2.27. The van der Waals surface area contributed by atoms with Crippen LogP contribution < -0.4 is 15.8 Å². The SMILES string of the molecule is NC(=O)c1cccc(-c2ccc(Nc3cccc(OC(F)(F)F)c3)nc2)c1. The molecule has 0 aliphatic heterocycles. The number of hydrogen-bond donors (Lipinski definition) is 2. The van der Waals surface area contributed by atoms with Crippen molar-refractivity contribution in [3.05, 3.63) is 72.4 Å². The molecule has 3 N–H and O–H groups in total. The number of pyridine rings is 1. The van der Waals surface area contributed by atoms with E-state index in [1.807, 2.05) is 6.07 Å². The molecule has 8 heteroatoms. The monoisotopic (exact) mass is 373 g/mol. The molecule has 138 valence electrons. The molecular formula is C19H14F3N3O2. The van der Waals surface area contributed by atoms with E-state index in [1.54, 1.807) is 42.6 Å². The first-order valence-electron chi connectivity index (χ1n) is 7.79. The Bertz CT molecular complexity index is 957. The molecule has 1 heterocycles. The fourth-order valence-corrected chi connectivity index (χ4v) is 2.41. The molecule has 0 aliphatic carbocycles. The molecule has 0 saturated heterocycles. The molecule has 0 atom stereocenters. The molecule has 0 unspecified atom stereocenters. The number of carbonyl (C=O) groups excluding carboxylic acids is 1. The highest BCUT2D eigenvalue weighted by Gasteiger charge is 2.31. The summed E-state index contributed by atoms with van der Waals surface area (Å²) in [6, 6.07) is 15.7. The molecule has 0 saturated carbocycles. The molecule has 0 spiro atoms. The number of nitrogens with two attached hydrogens (primary N) is 1. The molecular weight excluding hydrogens is 359 g/mol. The van der Waals surface area contributed by atoms with E-state index >= 15 is 0 Å². The van der Waals surface area contributed by atoms with Crippen LogP contribution in [0.4, 0.5) is 24.7 Å². The van der Waals surface area contributed by atoms with Gasteiger partial charge in [0.1, 0.15) is 11.6 Å². The minimum atomic E-state index is -4.75. The van der Waals surface area contributed by atoms with E-state index in [1.165, 1.54) is 18.2 Å². The van der Waals surface area contributed by atoms with Crippen LogP contribution in [0, 0.1) is 0 Å². The third-order valence-corrected chi connectivity index (χ3v) is 3.58. The fourth-order valence-electron chi connectivity index (χ4n) is 2.41. The Hall–Kier alpha value is -3.55. The number of aromatic nitrogens is 1. The van der Waals surface area contributed by atoms with Gasteiger partial charge in [0.15, 0.2) is 0 Å². The standard InChI is InChI=1S/C19H14F3N3O2/c20-19(21,22)27-16-6-2-5-15(10-16)25-17-8-7-14(11-24-17)12-3-1-4-13(9-12)18(23)26/h1-11H,(H2,23,26)(H,24,25). The lowest BCUT2D eigenvalue weighted by Crippen LogP contribution is -2.17. The Balaban J connectivity index is 1.76. The minimum Gasteiger partial charge on any atom is -0.406 e. The predicted octanol–water partition coefficient (Wildman–Crippen LogP) is 4.49. The zero-order chi connectivity index (χ0) is 19.4. The smallest absolute Gasteiger partial charge is 0.406 e. The van der Waals surface area contributed by atoms with Crippen LogP contribution in [0.1, 0.15) is 10.4 Å². The average molecular weight is 373 g/mol. The zero-order valence-electron chi connectivity index (χ0n) is 13.8. The van der Waals surface area contributed by atoms with Crippen LogP contribution in [0.15, 0.2) is 66.9 Å². The van der Waals surface area contributed by atoms with Gasteiger partial charge in [0.25, 0.3) is 0 Å². The van der Waals surface area contributed by atoms with Gasteiger partial charge in [-0.05, 0) is 42.0 Å². The number of hydrogen-bond acceptors (Lipinski definition) is 4. The molecule has 3 aromatic rings. The van der Waals surface area contributed by atoms with Crippen LogP contribution in [0.3, 0.4) is 0 Å². The summed E-state index contributed by atoms with van der Waals surface area (Å²) >= 11 is 0. The Kier molecular flexibility index (Phi) is 4.98. The molecule has 0 aliphatic rings. The lowest BCUT2D eigenvalue weighted by molar-refractivity contribution is -0.274.